The van der Waals surface area contributed by atoms with Gasteiger partial charge in [0.05, 0.1) is 16.1 Å². The molecule has 2 rings (SSSR count). The van der Waals surface area contributed by atoms with Crippen LogP contribution >= 0.6 is 23.2 Å². The molecular formula is C16H19Cl2NO. The largest absolute Gasteiger partial charge is 0.459 e. The molecule has 1 aromatic heterocycles. The van der Waals surface area contributed by atoms with E-state index in [2.05, 4.69) is 19.2 Å². The van der Waals surface area contributed by atoms with Gasteiger partial charge in [-0.25, -0.2) is 0 Å². The van der Waals surface area contributed by atoms with Crippen molar-refractivity contribution in [3.8, 4) is 11.3 Å². The standard InChI is InChI=1S/C16H19Cl2NO/c1-3-10-19-13(4-2)15-9-8-14(20-15)11-6-5-7-12(17)16(11)18/h5-9,13,19H,3-4,10H2,1-2H3. The van der Waals surface area contributed by atoms with Gasteiger partial charge in [-0.15, -0.1) is 0 Å². The summed E-state index contributed by atoms with van der Waals surface area (Å²) >= 11 is 12.3. The lowest BCUT2D eigenvalue weighted by atomic mass is 10.1. The Bertz CT molecular complexity index is 565. The summed E-state index contributed by atoms with van der Waals surface area (Å²) in [7, 11) is 0. The Morgan fingerprint density at radius 2 is 1.95 bits per heavy atom. The van der Waals surface area contributed by atoms with E-state index in [-0.39, 0.29) is 6.04 Å². The minimum atomic E-state index is 0.238. The van der Waals surface area contributed by atoms with Crippen LogP contribution in [0.2, 0.25) is 10.0 Å². The lowest BCUT2D eigenvalue weighted by Gasteiger charge is -2.13. The lowest BCUT2D eigenvalue weighted by Crippen LogP contribution is -2.20. The van der Waals surface area contributed by atoms with E-state index in [1.165, 1.54) is 0 Å². The topological polar surface area (TPSA) is 25.2 Å². The average Bonchev–Trinajstić information content (AvgIpc) is 2.92. The highest BCUT2D eigenvalue weighted by Gasteiger charge is 2.15. The molecule has 0 radical (unpaired) electrons. The van der Waals surface area contributed by atoms with E-state index in [1.807, 2.05) is 24.3 Å². The van der Waals surface area contributed by atoms with Crippen molar-refractivity contribution in [3.63, 3.8) is 0 Å². The fraction of sp³-hybridized carbons (Fsp3) is 0.375. The molecule has 0 aliphatic rings. The summed E-state index contributed by atoms with van der Waals surface area (Å²) in [5.41, 5.74) is 0.829. The van der Waals surface area contributed by atoms with Gasteiger partial charge < -0.3 is 9.73 Å². The normalized spacial score (nSPS) is 12.6. The minimum absolute atomic E-state index is 0.238. The van der Waals surface area contributed by atoms with Crippen LogP contribution in [0.5, 0.6) is 0 Å². The van der Waals surface area contributed by atoms with E-state index in [1.54, 1.807) is 6.07 Å². The van der Waals surface area contributed by atoms with E-state index in [4.69, 9.17) is 27.6 Å². The molecule has 0 saturated carbocycles. The zero-order valence-corrected chi connectivity index (χ0v) is 13.3. The Labute approximate surface area is 130 Å². The van der Waals surface area contributed by atoms with Gasteiger partial charge in [-0.05, 0) is 43.7 Å². The fourth-order valence-electron chi connectivity index (χ4n) is 2.14. The molecule has 108 valence electrons. The van der Waals surface area contributed by atoms with Crippen molar-refractivity contribution in [3.05, 3.63) is 46.1 Å². The van der Waals surface area contributed by atoms with Crippen LogP contribution in [0.3, 0.4) is 0 Å². The third-order valence-corrected chi connectivity index (χ3v) is 4.06. The van der Waals surface area contributed by atoms with Crippen molar-refractivity contribution < 1.29 is 4.42 Å². The summed E-state index contributed by atoms with van der Waals surface area (Å²) in [5, 5.41) is 4.55. The highest BCUT2D eigenvalue weighted by atomic mass is 35.5. The number of hydrogen-bond donors (Lipinski definition) is 1. The first-order chi connectivity index (χ1) is 9.67. The molecule has 0 amide bonds. The monoisotopic (exact) mass is 311 g/mol. The molecule has 2 nitrogen and oxygen atoms in total. The quantitative estimate of drug-likeness (QED) is 0.739. The number of halogens is 2. The Balaban J connectivity index is 2.26. The SMILES string of the molecule is CCCNC(CC)c1ccc(-c2cccc(Cl)c2Cl)o1. The number of rotatable bonds is 6. The molecule has 0 saturated heterocycles. The predicted molar refractivity (Wildman–Crippen MR) is 85.5 cm³/mol. The summed E-state index contributed by atoms with van der Waals surface area (Å²) < 4.78 is 5.95. The van der Waals surface area contributed by atoms with Gasteiger partial charge in [-0.3, -0.25) is 0 Å². The zero-order valence-electron chi connectivity index (χ0n) is 11.7. The first-order valence-electron chi connectivity index (χ1n) is 6.94. The summed E-state index contributed by atoms with van der Waals surface area (Å²) in [5.74, 6) is 1.69. The van der Waals surface area contributed by atoms with Crippen LogP contribution in [-0.2, 0) is 0 Å². The van der Waals surface area contributed by atoms with Crippen molar-refractivity contribution in [2.75, 3.05) is 6.54 Å². The van der Waals surface area contributed by atoms with Gasteiger partial charge in [0.1, 0.15) is 11.5 Å². The first kappa shape index (κ1) is 15.4. The molecule has 1 N–H and O–H groups in total. The molecule has 1 unspecified atom stereocenters. The second kappa shape index (κ2) is 7.16. The Morgan fingerprint density at radius 3 is 2.65 bits per heavy atom. The van der Waals surface area contributed by atoms with Crippen molar-refractivity contribution in [1.82, 2.24) is 5.32 Å². The number of nitrogens with one attached hydrogen (secondary N) is 1. The second-order valence-electron chi connectivity index (χ2n) is 4.72. The van der Waals surface area contributed by atoms with Crippen LogP contribution in [0.15, 0.2) is 34.7 Å². The summed E-state index contributed by atoms with van der Waals surface area (Å²) in [6.07, 6.45) is 2.08. The van der Waals surface area contributed by atoms with Gasteiger partial charge in [0.25, 0.3) is 0 Å². The maximum atomic E-state index is 6.23. The van der Waals surface area contributed by atoms with Crippen LogP contribution in [0.25, 0.3) is 11.3 Å². The van der Waals surface area contributed by atoms with Crippen LogP contribution in [0.1, 0.15) is 38.5 Å². The van der Waals surface area contributed by atoms with Crippen molar-refractivity contribution in [2.24, 2.45) is 0 Å². The smallest absolute Gasteiger partial charge is 0.135 e. The van der Waals surface area contributed by atoms with Gasteiger partial charge in [0.15, 0.2) is 0 Å². The van der Waals surface area contributed by atoms with Crippen LogP contribution in [0.4, 0.5) is 0 Å². The molecule has 0 aliphatic heterocycles. The van der Waals surface area contributed by atoms with Gasteiger partial charge >= 0.3 is 0 Å². The molecule has 2 aromatic rings. The predicted octanol–water partition coefficient (Wildman–Crippen LogP) is 5.70. The van der Waals surface area contributed by atoms with Crippen LogP contribution in [-0.4, -0.2) is 6.54 Å². The maximum absolute atomic E-state index is 6.23. The molecule has 1 atom stereocenters. The third-order valence-electron chi connectivity index (χ3n) is 3.24. The highest BCUT2D eigenvalue weighted by Crippen LogP contribution is 2.35. The maximum Gasteiger partial charge on any atom is 0.135 e. The molecule has 0 aliphatic carbocycles. The molecule has 20 heavy (non-hydrogen) atoms. The van der Waals surface area contributed by atoms with Gasteiger partial charge in [0, 0.05) is 5.56 Å². The van der Waals surface area contributed by atoms with Crippen LogP contribution in [0, 0.1) is 0 Å². The third kappa shape index (κ3) is 3.38. The minimum Gasteiger partial charge on any atom is -0.459 e. The highest BCUT2D eigenvalue weighted by molar-refractivity contribution is 6.43. The summed E-state index contributed by atoms with van der Waals surface area (Å²) in [6, 6.07) is 9.75. The number of benzene rings is 1. The summed E-state index contributed by atoms with van der Waals surface area (Å²) in [4.78, 5) is 0. The van der Waals surface area contributed by atoms with Crippen LogP contribution < -0.4 is 5.32 Å². The molecule has 1 heterocycles. The molecule has 4 heteroatoms. The number of hydrogen-bond acceptors (Lipinski definition) is 2. The summed E-state index contributed by atoms with van der Waals surface area (Å²) in [6.45, 7) is 5.27. The number of furan rings is 1. The average molecular weight is 312 g/mol. The molecular weight excluding hydrogens is 293 g/mol. The van der Waals surface area contributed by atoms with Crippen molar-refractivity contribution >= 4 is 23.2 Å². The fourth-order valence-corrected chi connectivity index (χ4v) is 2.54. The first-order valence-corrected chi connectivity index (χ1v) is 7.70. The molecule has 0 spiro atoms. The second-order valence-corrected chi connectivity index (χ2v) is 5.50. The van der Waals surface area contributed by atoms with E-state index < -0.39 is 0 Å². The van der Waals surface area contributed by atoms with E-state index in [9.17, 15) is 0 Å². The Morgan fingerprint density at radius 1 is 1.15 bits per heavy atom. The van der Waals surface area contributed by atoms with Gasteiger partial charge in [0.2, 0.25) is 0 Å². The van der Waals surface area contributed by atoms with Gasteiger partial charge in [-0.2, -0.15) is 0 Å². The van der Waals surface area contributed by atoms with Crippen molar-refractivity contribution in [1.29, 1.82) is 0 Å². The molecule has 1 aromatic carbocycles. The van der Waals surface area contributed by atoms with E-state index in [0.717, 1.165) is 36.5 Å². The van der Waals surface area contributed by atoms with E-state index in [0.29, 0.717) is 10.0 Å². The lowest BCUT2D eigenvalue weighted by molar-refractivity contribution is 0.411. The Hall–Kier alpha value is -0.960. The van der Waals surface area contributed by atoms with E-state index >= 15 is 0 Å². The molecule has 0 fully saturated rings. The van der Waals surface area contributed by atoms with Crippen molar-refractivity contribution in [2.45, 2.75) is 32.7 Å². The van der Waals surface area contributed by atoms with Gasteiger partial charge in [-0.1, -0.05) is 43.1 Å². The Kier molecular flexibility index (Phi) is 5.53. The zero-order chi connectivity index (χ0) is 14.5. The molecule has 0 bridgehead atoms.